The third-order valence-electron chi connectivity index (χ3n) is 3.36. The molecule has 0 heterocycles. The van der Waals surface area contributed by atoms with Crippen LogP contribution in [0, 0.1) is 0 Å². The Balaban J connectivity index is 1.81. The van der Waals surface area contributed by atoms with E-state index >= 15 is 0 Å². The van der Waals surface area contributed by atoms with E-state index in [0.29, 0.717) is 20.7 Å². The number of methoxy groups -OCH3 is 1. The van der Waals surface area contributed by atoms with Gasteiger partial charge >= 0.3 is 0 Å². The second-order valence-electron chi connectivity index (χ2n) is 5.41. The summed E-state index contributed by atoms with van der Waals surface area (Å²) < 4.78 is 5.47. The molecule has 2 rings (SSSR count). The smallest absolute Gasteiger partial charge is 0.240 e. The molecule has 0 aliphatic carbocycles. The van der Waals surface area contributed by atoms with Crippen molar-refractivity contribution >= 4 is 51.2 Å². The summed E-state index contributed by atoms with van der Waals surface area (Å²) in [6.45, 7) is 0. The molecule has 0 aromatic heterocycles. The van der Waals surface area contributed by atoms with E-state index in [-0.39, 0.29) is 30.2 Å². The van der Waals surface area contributed by atoms with E-state index in [1.165, 1.54) is 13.3 Å². The number of ether oxygens (including phenoxy) is 1. The molecule has 0 radical (unpaired) electrons. The largest absolute Gasteiger partial charge is 0.503 e. The predicted octanol–water partition coefficient (Wildman–Crippen LogP) is 3.69. The van der Waals surface area contributed by atoms with Gasteiger partial charge in [0.15, 0.2) is 11.5 Å². The molecule has 142 valence electrons. The lowest BCUT2D eigenvalue weighted by Crippen LogP contribution is -2.20. The van der Waals surface area contributed by atoms with Gasteiger partial charge in [0.05, 0.1) is 17.8 Å². The van der Waals surface area contributed by atoms with Gasteiger partial charge in [-0.3, -0.25) is 9.59 Å². The topological polar surface area (TPSA) is 100 Å². The Morgan fingerprint density at radius 2 is 2.00 bits per heavy atom. The maximum absolute atomic E-state index is 11.8. The van der Waals surface area contributed by atoms with E-state index in [1.54, 1.807) is 36.4 Å². The molecule has 0 unspecified atom stereocenters. The molecular formula is C18H17BrClN3O4. The number of phenols is 1. The van der Waals surface area contributed by atoms with Crippen LogP contribution < -0.4 is 15.5 Å². The Hall–Kier alpha value is -2.58. The molecule has 7 nitrogen and oxygen atoms in total. The van der Waals surface area contributed by atoms with Crippen LogP contribution in [0.25, 0.3) is 0 Å². The molecule has 0 saturated carbocycles. The van der Waals surface area contributed by atoms with Crippen LogP contribution in [0.15, 0.2) is 46.0 Å². The first-order valence-corrected chi connectivity index (χ1v) is 9.00. The first kappa shape index (κ1) is 20.7. The number of aromatic hydroxyl groups is 1. The molecular weight excluding hydrogens is 438 g/mol. The molecule has 2 amide bonds. The third-order valence-corrected chi connectivity index (χ3v) is 4.20. The minimum absolute atomic E-state index is 0.00640. The summed E-state index contributed by atoms with van der Waals surface area (Å²) in [7, 11) is 1.43. The summed E-state index contributed by atoms with van der Waals surface area (Å²) in [4.78, 5) is 23.6. The van der Waals surface area contributed by atoms with Crippen molar-refractivity contribution in [2.75, 3.05) is 12.4 Å². The SMILES string of the molecule is COc1cc(C=NNC(=O)CCC(=O)Nc2cccc(Cl)c2)cc(Br)c1O. The highest BCUT2D eigenvalue weighted by Gasteiger charge is 2.09. The molecule has 2 aromatic carbocycles. The number of carbonyl (C=O) groups excluding carboxylic acids is 2. The number of nitrogens with zero attached hydrogens (tertiary/aromatic N) is 1. The highest BCUT2D eigenvalue weighted by molar-refractivity contribution is 9.10. The number of hydrogen-bond acceptors (Lipinski definition) is 5. The van der Waals surface area contributed by atoms with Gasteiger partial charge in [-0.2, -0.15) is 5.10 Å². The van der Waals surface area contributed by atoms with E-state index < -0.39 is 5.91 Å². The van der Waals surface area contributed by atoms with E-state index in [2.05, 4.69) is 31.8 Å². The predicted molar refractivity (Wildman–Crippen MR) is 107 cm³/mol. The molecule has 3 N–H and O–H groups in total. The van der Waals surface area contributed by atoms with Crippen LogP contribution in [0.5, 0.6) is 11.5 Å². The van der Waals surface area contributed by atoms with Crippen LogP contribution in [0.4, 0.5) is 5.69 Å². The van der Waals surface area contributed by atoms with Crippen LogP contribution in [0.3, 0.4) is 0 Å². The van der Waals surface area contributed by atoms with Gasteiger partial charge in [-0.1, -0.05) is 17.7 Å². The molecule has 27 heavy (non-hydrogen) atoms. The first-order chi connectivity index (χ1) is 12.9. The maximum atomic E-state index is 11.8. The Morgan fingerprint density at radius 1 is 1.26 bits per heavy atom. The fraction of sp³-hybridized carbons (Fsp3) is 0.167. The van der Waals surface area contributed by atoms with Gasteiger partial charge in [0.2, 0.25) is 11.8 Å². The number of halogens is 2. The van der Waals surface area contributed by atoms with Crippen molar-refractivity contribution in [1.82, 2.24) is 5.43 Å². The van der Waals surface area contributed by atoms with Gasteiger partial charge in [-0.05, 0) is 51.8 Å². The van der Waals surface area contributed by atoms with Crippen LogP contribution in [0.2, 0.25) is 5.02 Å². The molecule has 0 spiro atoms. The number of nitrogens with one attached hydrogen (secondary N) is 2. The Kier molecular flexibility index (Phi) is 7.63. The molecule has 0 bridgehead atoms. The number of rotatable bonds is 7. The zero-order valence-electron chi connectivity index (χ0n) is 14.3. The van der Waals surface area contributed by atoms with Crippen molar-refractivity contribution in [2.45, 2.75) is 12.8 Å². The summed E-state index contributed by atoms with van der Waals surface area (Å²) in [6.07, 6.45) is 1.38. The van der Waals surface area contributed by atoms with Gasteiger partial charge in [0.1, 0.15) is 0 Å². The second-order valence-corrected chi connectivity index (χ2v) is 6.70. The van der Waals surface area contributed by atoms with Gasteiger partial charge in [-0.15, -0.1) is 0 Å². The van der Waals surface area contributed by atoms with Crippen LogP contribution in [-0.2, 0) is 9.59 Å². The number of hydrazone groups is 1. The van der Waals surface area contributed by atoms with Gasteiger partial charge in [0, 0.05) is 23.6 Å². The normalized spacial score (nSPS) is 10.6. The molecule has 9 heteroatoms. The monoisotopic (exact) mass is 453 g/mol. The van der Waals surface area contributed by atoms with Crippen LogP contribution in [-0.4, -0.2) is 30.2 Å². The van der Waals surface area contributed by atoms with Crippen molar-refractivity contribution in [3.8, 4) is 11.5 Å². The lowest BCUT2D eigenvalue weighted by atomic mass is 10.2. The number of carbonyl (C=O) groups is 2. The Labute approximate surface area is 169 Å². The lowest BCUT2D eigenvalue weighted by molar-refractivity contribution is -0.124. The van der Waals surface area contributed by atoms with Crippen molar-refractivity contribution < 1.29 is 19.4 Å². The molecule has 0 saturated heterocycles. The highest BCUT2D eigenvalue weighted by atomic mass is 79.9. The summed E-state index contributed by atoms with van der Waals surface area (Å²) in [5.41, 5.74) is 3.52. The Bertz CT molecular complexity index is 874. The average Bonchev–Trinajstić information content (AvgIpc) is 2.62. The van der Waals surface area contributed by atoms with E-state index in [9.17, 15) is 14.7 Å². The number of anilines is 1. The quantitative estimate of drug-likeness (QED) is 0.439. The highest BCUT2D eigenvalue weighted by Crippen LogP contribution is 2.34. The summed E-state index contributed by atoms with van der Waals surface area (Å²) in [5.74, 6) is -0.458. The van der Waals surface area contributed by atoms with E-state index in [1.807, 2.05) is 0 Å². The number of benzene rings is 2. The first-order valence-electron chi connectivity index (χ1n) is 7.83. The number of phenolic OH excluding ortho intramolecular Hbond substituents is 1. The lowest BCUT2D eigenvalue weighted by Gasteiger charge is -2.06. The van der Waals surface area contributed by atoms with Crippen molar-refractivity contribution in [3.63, 3.8) is 0 Å². The number of amides is 2. The minimum atomic E-state index is -0.405. The van der Waals surface area contributed by atoms with Gasteiger partial charge < -0.3 is 15.2 Å². The van der Waals surface area contributed by atoms with Crippen LogP contribution >= 0.6 is 27.5 Å². The molecule has 0 aliphatic rings. The fourth-order valence-corrected chi connectivity index (χ4v) is 2.73. The fourth-order valence-electron chi connectivity index (χ4n) is 2.08. The maximum Gasteiger partial charge on any atom is 0.240 e. The van der Waals surface area contributed by atoms with Gasteiger partial charge in [0.25, 0.3) is 0 Å². The molecule has 0 atom stereocenters. The van der Waals surface area contributed by atoms with E-state index in [4.69, 9.17) is 16.3 Å². The summed E-state index contributed by atoms with van der Waals surface area (Å²) >= 11 is 9.04. The third kappa shape index (κ3) is 6.58. The van der Waals surface area contributed by atoms with Gasteiger partial charge in [-0.25, -0.2) is 5.43 Å². The molecule has 0 aliphatic heterocycles. The van der Waals surface area contributed by atoms with Crippen molar-refractivity contribution in [1.29, 1.82) is 0 Å². The van der Waals surface area contributed by atoms with Crippen LogP contribution in [0.1, 0.15) is 18.4 Å². The zero-order valence-corrected chi connectivity index (χ0v) is 16.7. The van der Waals surface area contributed by atoms with Crippen molar-refractivity contribution in [2.24, 2.45) is 5.10 Å². The van der Waals surface area contributed by atoms with Crippen molar-refractivity contribution in [3.05, 3.63) is 51.5 Å². The standard InChI is InChI=1S/C18H17BrClN3O4/c1-27-15-8-11(7-14(19)18(15)26)10-21-23-17(25)6-5-16(24)22-13-4-2-3-12(20)9-13/h2-4,7-10,26H,5-6H2,1H3,(H,22,24)(H,23,25). The molecule has 2 aromatic rings. The summed E-state index contributed by atoms with van der Waals surface area (Å²) in [6, 6.07) is 9.92. The summed E-state index contributed by atoms with van der Waals surface area (Å²) in [5, 5.41) is 16.7. The van der Waals surface area contributed by atoms with E-state index in [0.717, 1.165) is 0 Å². The second kappa shape index (κ2) is 9.94. The average molecular weight is 455 g/mol. The minimum Gasteiger partial charge on any atom is -0.503 e. The zero-order chi connectivity index (χ0) is 19.8. The molecule has 0 fully saturated rings. The number of hydrogen-bond donors (Lipinski definition) is 3. The Morgan fingerprint density at radius 3 is 2.70 bits per heavy atom.